The Morgan fingerprint density at radius 1 is 1.19 bits per heavy atom. The van der Waals surface area contributed by atoms with Crippen LogP contribution in [0.15, 0.2) is 0 Å². The molecule has 1 aromatic rings. The number of aryl methyl sites for hydroxylation is 1. The average Bonchev–Trinajstić information content (AvgIpc) is 2.25. The molecule has 0 fully saturated rings. The highest BCUT2D eigenvalue weighted by Crippen LogP contribution is 2.21. The van der Waals surface area contributed by atoms with Crippen LogP contribution in [0.4, 0.5) is 5.82 Å². The lowest BCUT2D eigenvalue weighted by Crippen LogP contribution is -2.08. The number of nitrogens with zero attached hydrogens (tertiary/aromatic N) is 2. The van der Waals surface area contributed by atoms with E-state index >= 15 is 0 Å². The van der Waals surface area contributed by atoms with Crippen molar-refractivity contribution in [3.63, 3.8) is 0 Å². The van der Waals surface area contributed by atoms with Crippen LogP contribution in [0, 0.1) is 13.8 Å². The van der Waals surface area contributed by atoms with Crippen LogP contribution in [0.1, 0.15) is 38.1 Å². The second-order valence-electron chi connectivity index (χ2n) is 3.78. The summed E-state index contributed by atoms with van der Waals surface area (Å²) in [7, 11) is 0. The van der Waals surface area contributed by atoms with Gasteiger partial charge in [-0.05, 0) is 27.2 Å². The molecule has 1 heterocycles. The maximum atomic E-state index is 5.65. The summed E-state index contributed by atoms with van der Waals surface area (Å²) >= 11 is 0. The van der Waals surface area contributed by atoms with Crippen molar-refractivity contribution in [2.75, 3.05) is 18.5 Å². The summed E-state index contributed by atoms with van der Waals surface area (Å²) in [5.41, 5.74) is 0.989. The highest BCUT2D eigenvalue weighted by atomic mass is 16.5. The van der Waals surface area contributed by atoms with E-state index in [-0.39, 0.29) is 0 Å². The van der Waals surface area contributed by atoms with E-state index in [4.69, 9.17) is 4.74 Å². The van der Waals surface area contributed by atoms with Crippen molar-refractivity contribution < 1.29 is 4.74 Å². The maximum Gasteiger partial charge on any atom is 0.221 e. The zero-order chi connectivity index (χ0) is 12.0. The van der Waals surface area contributed by atoms with Crippen LogP contribution < -0.4 is 10.1 Å². The van der Waals surface area contributed by atoms with Gasteiger partial charge in [-0.15, -0.1) is 0 Å². The van der Waals surface area contributed by atoms with Crippen molar-refractivity contribution in [2.45, 2.75) is 40.5 Å². The van der Waals surface area contributed by atoms with Crippen LogP contribution in [0.3, 0.4) is 0 Å². The van der Waals surface area contributed by atoms with Crippen LogP contribution in [0.25, 0.3) is 0 Å². The molecule has 0 unspecified atom stereocenters. The normalized spacial score (nSPS) is 10.2. The molecule has 1 aromatic heterocycles. The second kappa shape index (κ2) is 6.30. The lowest BCUT2D eigenvalue weighted by atomic mass is 10.3. The summed E-state index contributed by atoms with van der Waals surface area (Å²) in [5, 5.41) is 3.22. The molecular weight excluding hydrogens is 202 g/mol. The Morgan fingerprint density at radius 3 is 2.56 bits per heavy atom. The summed E-state index contributed by atoms with van der Waals surface area (Å²) in [4.78, 5) is 8.66. The average molecular weight is 223 g/mol. The summed E-state index contributed by atoms with van der Waals surface area (Å²) < 4.78 is 5.65. The van der Waals surface area contributed by atoms with Gasteiger partial charge in [0.25, 0.3) is 0 Å². The Balaban J connectivity index is 2.81. The quantitative estimate of drug-likeness (QED) is 0.753. The molecule has 0 spiro atoms. The van der Waals surface area contributed by atoms with Gasteiger partial charge in [0, 0.05) is 6.54 Å². The molecule has 0 saturated carbocycles. The van der Waals surface area contributed by atoms with Crippen LogP contribution in [0.5, 0.6) is 5.88 Å². The summed E-state index contributed by atoms with van der Waals surface area (Å²) in [6, 6.07) is 0. The zero-order valence-corrected chi connectivity index (χ0v) is 10.6. The fourth-order valence-corrected chi connectivity index (χ4v) is 1.40. The van der Waals surface area contributed by atoms with E-state index in [1.54, 1.807) is 0 Å². The molecule has 0 aliphatic heterocycles. The molecule has 90 valence electrons. The fourth-order valence-electron chi connectivity index (χ4n) is 1.40. The molecule has 16 heavy (non-hydrogen) atoms. The molecule has 4 nitrogen and oxygen atoms in total. The molecule has 0 saturated heterocycles. The van der Waals surface area contributed by atoms with Gasteiger partial charge < -0.3 is 10.1 Å². The number of ether oxygens (including phenoxy) is 1. The van der Waals surface area contributed by atoms with Gasteiger partial charge in [0.1, 0.15) is 11.6 Å². The van der Waals surface area contributed by atoms with E-state index < -0.39 is 0 Å². The van der Waals surface area contributed by atoms with E-state index in [9.17, 15) is 0 Å². The standard InChI is InChI=1S/C12H21N3O/c1-5-7-8-16-12-9(3)11(13-6-2)14-10(4)15-12/h5-8H2,1-4H3,(H,13,14,15). The van der Waals surface area contributed by atoms with Gasteiger partial charge in [0.2, 0.25) is 5.88 Å². The Labute approximate surface area is 97.5 Å². The largest absolute Gasteiger partial charge is 0.477 e. The molecule has 0 aliphatic carbocycles. The minimum Gasteiger partial charge on any atom is -0.477 e. The topological polar surface area (TPSA) is 47.0 Å². The summed E-state index contributed by atoms with van der Waals surface area (Å²) in [5.74, 6) is 2.33. The summed E-state index contributed by atoms with van der Waals surface area (Å²) in [6.07, 6.45) is 2.18. The van der Waals surface area contributed by atoms with Crippen molar-refractivity contribution in [1.82, 2.24) is 9.97 Å². The molecule has 1 N–H and O–H groups in total. The van der Waals surface area contributed by atoms with Gasteiger partial charge in [-0.2, -0.15) is 4.98 Å². The lowest BCUT2D eigenvalue weighted by molar-refractivity contribution is 0.294. The first-order chi connectivity index (χ1) is 7.69. The summed E-state index contributed by atoms with van der Waals surface area (Å²) in [6.45, 7) is 9.64. The predicted octanol–water partition coefficient (Wildman–Crippen LogP) is 2.70. The number of aromatic nitrogens is 2. The molecule has 1 rings (SSSR count). The number of hydrogen-bond donors (Lipinski definition) is 1. The number of hydrogen-bond acceptors (Lipinski definition) is 4. The highest BCUT2D eigenvalue weighted by molar-refractivity contribution is 5.48. The van der Waals surface area contributed by atoms with E-state index in [0.717, 1.165) is 43.2 Å². The van der Waals surface area contributed by atoms with Crippen molar-refractivity contribution in [1.29, 1.82) is 0 Å². The first-order valence-corrected chi connectivity index (χ1v) is 5.90. The van der Waals surface area contributed by atoms with Crippen LogP contribution in [-0.2, 0) is 0 Å². The minimum absolute atomic E-state index is 0.705. The fraction of sp³-hybridized carbons (Fsp3) is 0.667. The molecule has 0 amide bonds. The van der Waals surface area contributed by atoms with E-state index in [1.807, 2.05) is 13.8 Å². The lowest BCUT2D eigenvalue weighted by Gasteiger charge is -2.12. The minimum atomic E-state index is 0.705. The Bertz CT molecular complexity index is 339. The second-order valence-corrected chi connectivity index (χ2v) is 3.78. The van der Waals surface area contributed by atoms with E-state index in [2.05, 4.69) is 29.1 Å². The van der Waals surface area contributed by atoms with E-state index in [1.165, 1.54) is 0 Å². The van der Waals surface area contributed by atoms with Crippen molar-refractivity contribution in [2.24, 2.45) is 0 Å². The van der Waals surface area contributed by atoms with Gasteiger partial charge in [0.15, 0.2) is 0 Å². The third-order valence-corrected chi connectivity index (χ3v) is 2.29. The van der Waals surface area contributed by atoms with Gasteiger partial charge in [-0.1, -0.05) is 13.3 Å². The maximum absolute atomic E-state index is 5.65. The Kier molecular flexibility index (Phi) is 5.02. The van der Waals surface area contributed by atoms with Crippen molar-refractivity contribution in [3.8, 4) is 5.88 Å². The predicted molar refractivity (Wildman–Crippen MR) is 66.1 cm³/mol. The first-order valence-electron chi connectivity index (χ1n) is 5.90. The van der Waals surface area contributed by atoms with Crippen LogP contribution in [-0.4, -0.2) is 23.1 Å². The monoisotopic (exact) mass is 223 g/mol. The number of unbranched alkanes of at least 4 members (excludes halogenated alkanes) is 1. The first kappa shape index (κ1) is 12.7. The molecule has 4 heteroatoms. The van der Waals surface area contributed by atoms with Gasteiger partial charge in [-0.3, -0.25) is 0 Å². The zero-order valence-electron chi connectivity index (χ0n) is 10.6. The molecule has 0 atom stereocenters. The molecule has 0 aromatic carbocycles. The smallest absolute Gasteiger partial charge is 0.221 e. The van der Waals surface area contributed by atoms with Crippen LogP contribution >= 0.6 is 0 Å². The number of nitrogens with one attached hydrogen (secondary N) is 1. The Morgan fingerprint density at radius 2 is 1.94 bits per heavy atom. The number of rotatable bonds is 6. The van der Waals surface area contributed by atoms with E-state index in [0.29, 0.717) is 5.88 Å². The molecule has 0 aliphatic rings. The SMILES string of the molecule is CCCCOc1nc(C)nc(NCC)c1C. The van der Waals surface area contributed by atoms with Crippen molar-refractivity contribution in [3.05, 3.63) is 11.4 Å². The van der Waals surface area contributed by atoms with Gasteiger partial charge in [-0.25, -0.2) is 4.98 Å². The van der Waals surface area contributed by atoms with Crippen LogP contribution in [0.2, 0.25) is 0 Å². The Hall–Kier alpha value is -1.32. The van der Waals surface area contributed by atoms with Gasteiger partial charge >= 0.3 is 0 Å². The highest BCUT2D eigenvalue weighted by Gasteiger charge is 2.09. The third kappa shape index (κ3) is 3.36. The number of anilines is 1. The third-order valence-electron chi connectivity index (χ3n) is 2.29. The molecular formula is C12H21N3O. The van der Waals surface area contributed by atoms with Gasteiger partial charge in [0.05, 0.1) is 12.2 Å². The molecule has 0 radical (unpaired) electrons. The van der Waals surface area contributed by atoms with Crippen molar-refractivity contribution >= 4 is 5.82 Å². The molecule has 0 bridgehead atoms.